The summed E-state index contributed by atoms with van der Waals surface area (Å²) >= 11 is 0. The Morgan fingerprint density at radius 1 is 1.30 bits per heavy atom. The van der Waals surface area contributed by atoms with Gasteiger partial charge in [0.25, 0.3) is 0 Å². The van der Waals surface area contributed by atoms with Crippen molar-refractivity contribution >= 4 is 12.1 Å². The molecule has 1 amide bonds. The van der Waals surface area contributed by atoms with Crippen molar-refractivity contribution < 1.29 is 4.79 Å². The summed E-state index contributed by atoms with van der Waals surface area (Å²) in [5.74, 6) is 0.380. The van der Waals surface area contributed by atoms with Gasteiger partial charge in [-0.3, -0.25) is 9.79 Å². The summed E-state index contributed by atoms with van der Waals surface area (Å²) in [6.45, 7) is 10.5. The minimum atomic E-state index is 0.140. The van der Waals surface area contributed by atoms with Gasteiger partial charge in [-0.15, -0.1) is 0 Å². The zero-order valence-corrected chi connectivity index (χ0v) is 14.9. The van der Waals surface area contributed by atoms with E-state index in [9.17, 15) is 4.79 Å². The summed E-state index contributed by atoms with van der Waals surface area (Å²) in [5.41, 5.74) is 1.32. The second kappa shape index (κ2) is 13.5. The van der Waals surface area contributed by atoms with Crippen molar-refractivity contribution in [1.82, 2.24) is 4.90 Å². The zero-order valence-electron chi connectivity index (χ0n) is 14.9. The van der Waals surface area contributed by atoms with Gasteiger partial charge in [0.05, 0.1) is 0 Å². The molecule has 0 aromatic heterocycles. The quantitative estimate of drug-likeness (QED) is 0.588. The number of amides is 1. The van der Waals surface area contributed by atoms with Gasteiger partial charge in [0.2, 0.25) is 5.91 Å². The number of aryl methyl sites for hydroxylation is 1. The van der Waals surface area contributed by atoms with Crippen molar-refractivity contribution in [2.45, 2.75) is 33.6 Å². The van der Waals surface area contributed by atoms with Crippen LogP contribution in [0.2, 0.25) is 0 Å². The SMILES string of the molecule is C=C/C=C\N=CCC1CCN(C)C1=O.CC.Cc1ccccc1. The normalized spacial score (nSPS) is 16.8. The van der Waals surface area contributed by atoms with E-state index in [1.165, 1.54) is 5.56 Å². The Bertz CT molecular complexity index is 492. The summed E-state index contributed by atoms with van der Waals surface area (Å²) in [6.07, 6.45) is 8.60. The largest absolute Gasteiger partial charge is 0.345 e. The van der Waals surface area contributed by atoms with Crippen molar-refractivity contribution in [1.29, 1.82) is 0 Å². The van der Waals surface area contributed by atoms with Gasteiger partial charge in [-0.2, -0.15) is 0 Å². The third-order valence-electron chi connectivity index (χ3n) is 3.28. The van der Waals surface area contributed by atoms with E-state index in [0.29, 0.717) is 0 Å². The van der Waals surface area contributed by atoms with Crippen LogP contribution in [0.5, 0.6) is 0 Å². The molecule has 0 saturated carbocycles. The first-order chi connectivity index (χ1) is 11.1. The van der Waals surface area contributed by atoms with Crippen LogP contribution in [-0.4, -0.2) is 30.6 Å². The number of nitrogens with zero attached hydrogens (tertiary/aromatic N) is 2. The molecule has 1 saturated heterocycles. The van der Waals surface area contributed by atoms with Crippen LogP contribution in [0, 0.1) is 12.8 Å². The fraction of sp³-hybridized carbons (Fsp3) is 0.400. The molecule has 0 N–H and O–H groups in total. The molecule has 1 fully saturated rings. The third kappa shape index (κ3) is 9.46. The molecule has 3 heteroatoms. The van der Waals surface area contributed by atoms with Gasteiger partial charge in [0.15, 0.2) is 0 Å². The van der Waals surface area contributed by atoms with Crippen LogP contribution in [0.3, 0.4) is 0 Å². The minimum Gasteiger partial charge on any atom is -0.345 e. The lowest BCUT2D eigenvalue weighted by molar-refractivity contribution is -0.129. The molecule has 1 unspecified atom stereocenters. The summed E-state index contributed by atoms with van der Waals surface area (Å²) in [6, 6.07) is 10.3. The number of allylic oxidation sites excluding steroid dienone is 2. The highest BCUT2D eigenvalue weighted by atomic mass is 16.2. The minimum absolute atomic E-state index is 0.140. The van der Waals surface area contributed by atoms with Crippen LogP contribution in [0.15, 0.2) is 60.3 Å². The maximum absolute atomic E-state index is 11.5. The van der Waals surface area contributed by atoms with Crippen LogP contribution in [0.25, 0.3) is 0 Å². The highest BCUT2D eigenvalue weighted by Gasteiger charge is 2.27. The molecule has 126 valence electrons. The van der Waals surface area contributed by atoms with Gasteiger partial charge >= 0.3 is 0 Å². The summed E-state index contributed by atoms with van der Waals surface area (Å²) in [5, 5.41) is 0. The van der Waals surface area contributed by atoms with Gasteiger partial charge < -0.3 is 4.90 Å². The molecule has 1 aliphatic heterocycles. The smallest absolute Gasteiger partial charge is 0.225 e. The molecule has 1 aromatic rings. The average Bonchev–Trinajstić information content (AvgIpc) is 2.90. The maximum atomic E-state index is 11.5. The Kier molecular flexibility index (Phi) is 12.2. The number of aliphatic imine (C=N–C) groups is 1. The summed E-state index contributed by atoms with van der Waals surface area (Å²) in [4.78, 5) is 17.3. The molecule has 1 heterocycles. The van der Waals surface area contributed by atoms with Crippen LogP contribution in [0.1, 0.15) is 32.3 Å². The van der Waals surface area contributed by atoms with Crippen LogP contribution >= 0.6 is 0 Å². The van der Waals surface area contributed by atoms with E-state index in [4.69, 9.17) is 0 Å². The molecular formula is C20H30N2O. The second-order valence-corrected chi connectivity index (χ2v) is 5.04. The van der Waals surface area contributed by atoms with E-state index < -0.39 is 0 Å². The van der Waals surface area contributed by atoms with Crippen LogP contribution in [0.4, 0.5) is 0 Å². The Hall–Kier alpha value is -2.16. The van der Waals surface area contributed by atoms with Crippen molar-refractivity contribution in [3.63, 3.8) is 0 Å². The molecule has 0 spiro atoms. The predicted molar refractivity (Wildman–Crippen MR) is 101 cm³/mol. The van der Waals surface area contributed by atoms with E-state index in [2.05, 4.69) is 30.6 Å². The number of rotatable bonds is 4. The number of hydrogen-bond donors (Lipinski definition) is 0. The molecular weight excluding hydrogens is 284 g/mol. The number of benzene rings is 1. The van der Waals surface area contributed by atoms with E-state index in [-0.39, 0.29) is 11.8 Å². The van der Waals surface area contributed by atoms with E-state index in [1.807, 2.05) is 39.1 Å². The average molecular weight is 314 g/mol. The third-order valence-corrected chi connectivity index (χ3v) is 3.28. The lowest BCUT2D eigenvalue weighted by Gasteiger charge is -2.07. The number of likely N-dealkylation sites (tertiary alicyclic amines) is 1. The van der Waals surface area contributed by atoms with Crippen molar-refractivity contribution in [3.05, 3.63) is 60.8 Å². The van der Waals surface area contributed by atoms with Crippen molar-refractivity contribution in [2.24, 2.45) is 10.9 Å². The van der Waals surface area contributed by atoms with Crippen LogP contribution in [-0.2, 0) is 4.79 Å². The highest BCUT2D eigenvalue weighted by Crippen LogP contribution is 2.18. The Morgan fingerprint density at radius 3 is 2.39 bits per heavy atom. The first-order valence-electron chi connectivity index (χ1n) is 8.21. The molecule has 3 nitrogen and oxygen atoms in total. The topological polar surface area (TPSA) is 32.7 Å². The second-order valence-electron chi connectivity index (χ2n) is 5.04. The van der Waals surface area contributed by atoms with Crippen LogP contribution < -0.4 is 0 Å². The zero-order chi connectivity index (χ0) is 17.5. The van der Waals surface area contributed by atoms with E-state index >= 15 is 0 Å². The number of carbonyl (C=O) groups excluding carboxylic acids is 1. The van der Waals surface area contributed by atoms with Gasteiger partial charge in [-0.05, 0) is 25.8 Å². The highest BCUT2D eigenvalue weighted by molar-refractivity contribution is 5.83. The first kappa shape index (κ1) is 20.8. The van der Waals surface area contributed by atoms with Crippen molar-refractivity contribution in [3.8, 4) is 0 Å². The lowest BCUT2D eigenvalue weighted by atomic mass is 10.1. The fourth-order valence-electron chi connectivity index (χ4n) is 2.01. The summed E-state index contributed by atoms with van der Waals surface area (Å²) in [7, 11) is 1.84. The Morgan fingerprint density at radius 2 is 1.96 bits per heavy atom. The molecule has 1 atom stereocenters. The van der Waals surface area contributed by atoms with E-state index in [1.54, 1.807) is 29.5 Å². The first-order valence-corrected chi connectivity index (χ1v) is 8.21. The van der Waals surface area contributed by atoms with E-state index in [0.717, 1.165) is 19.4 Å². The van der Waals surface area contributed by atoms with Crippen molar-refractivity contribution in [2.75, 3.05) is 13.6 Å². The molecule has 0 aliphatic carbocycles. The molecule has 2 rings (SSSR count). The Labute approximate surface area is 141 Å². The van der Waals surface area contributed by atoms with Gasteiger partial charge in [0.1, 0.15) is 0 Å². The van der Waals surface area contributed by atoms with Gasteiger partial charge in [0, 0.05) is 31.9 Å². The monoisotopic (exact) mass is 314 g/mol. The maximum Gasteiger partial charge on any atom is 0.225 e. The predicted octanol–water partition coefficient (Wildman–Crippen LogP) is 4.65. The van der Waals surface area contributed by atoms with Gasteiger partial charge in [-0.1, -0.05) is 62.4 Å². The number of hydrogen-bond acceptors (Lipinski definition) is 2. The molecule has 23 heavy (non-hydrogen) atoms. The molecule has 0 bridgehead atoms. The molecule has 1 aromatic carbocycles. The summed E-state index contributed by atoms with van der Waals surface area (Å²) < 4.78 is 0. The molecule has 0 radical (unpaired) electrons. The number of carbonyl (C=O) groups is 1. The van der Waals surface area contributed by atoms with Gasteiger partial charge in [-0.25, -0.2) is 0 Å². The standard InChI is InChI=1S/C11H16N2O.C7H8.C2H6/c1-3-4-7-12-8-5-10-6-9-13(2)11(10)14;1-7-5-3-2-4-6-7;1-2/h3-4,7-8,10H,1,5-6,9H2,2H3;2-6H,1H3;1-2H3/b7-4-,12-8?;;. The Balaban J connectivity index is 0.000000449. The molecule has 1 aliphatic rings. The lowest BCUT2D eigenvalue weighted by Crippen LogP contribution is -2.22. The fourth-order valence-corrected chi connectivity index (χ4v) is 2.01.